The zero-order valence-corrected chi connectivity index (χ0v) is 14.2. The van der Waals surface area contributed by atoms with Gasteiger partial charge in [0.1, 0.15) is 0 Å². The summed E-state index contributed by atoms with van der Waals surface area (Å²) in [6, 6.07) is 5.58. The Morgan fingerprint density at radius 2 is 2.05 bits per heavy atom. The van der Waals surface area contributed by atoms with Gasteiger partial charge >= 0.3 is 0 Å². The topological polar surface area (TPSA) is 58.4 Å². The third-order valence-corrected chi connectivity index (χ3v) is 3.90. The molecule has 1 unspecified atom stereocenters. The zero-order valence-electron chi connectivity index (χ0n) is 12.6. The maximum atomic E-state index is 12.2. The molecule has 112 valence electrons. The van der Waals surface area contributed by atoms with Gasteiger partial charge in [0.2, 0.25) is 0 Å². The molecule has 1 atom stereocenters. The van der Waals surface area contributed by atoms with Crippen molar-refractivity contribution < 1.29 is 4.79 Å². The van der Waals surface area contributed by atoms with Crippen LogP contribution < -0.4 is 11.1 Å². The first-order valence-electron chi connectivity index (χ1n) is 6.81. The molecule has 0 aliphatic rings. The minimum Gasteiger partial charge on any atom is -0.399 e. The summed E-state index contributed by atoms with van der Waals surface area (Å²) in [7, 11) is 4.07. The van der Waals surface area contributed by atoms with Gasteiger partial charge in [-0.2, -0.15) is 0 Å². The lowest BCUT2D eigenvalue weighted by Gasteiger charge is -2.26. The van der Waals surface area contributed by atoms with Gasteiger partial charge in [0.05, 0.1) is 5.56 Å². The number of amides is 1. The summed E-state index contributed by atoms with van der Waals surface area (Å²) < 4.78 is 0.759. The Balaban J connectivity index is 2.68. The Labute approximate surface area is 129 Å². The fraction of sp³-hybridized carbons (Fsp3) is 0.533. The molecule has 0 aliphatic heterocycles. The average Bonchev–Trinajstić information content (AvgIpc) is 2.36. The lowest BCUT2D eigenvalue weighted by molar-refractivity contribution is 0.0938. The Morgan fingerprint density at radius 1 is 1.40 bits per heavy atom. The van der Waals surface area contributed by atoms with Gasteiger partial charge in [-0.3, -0.25) is 4.79 Å². The van der Waals surface area contributed by atoms with E-state index in [0.29, 0.717) is 29.8 Å². The Hall–Kier alpha value is -1.07. The van der Waals surface area contributed by atoms with Crippen LogP contribution in [0.25, 0.3) is 0 Å². The van der Waals surface area contributed by atoms with Crippen molar-refractivity contribution in [2.45, 2.75) is 26.3 Å². The molecule has 1 aromatic rings. The summed E-state index contributed by atoms with van der Waals surface area (Å²) in [5.41, 5.74) is 6.89. The number of nitrogen functional groups attached to an aromatic ring is 1. The molecule has 0 saturated carbocycles. The SMILES string of the molecule is CC(C)CC(CNC(=O)c1cc(N)ccc1Br)N(C)C. The fourth-order valence-electron chi connectivity index (χ4n) is 2.04. The maximum absolute atomic E-state index is 12.2. The molecule has 20 heavy (non-hydrogen) atoms. The van der Waals surface area contributed by atoms with Crippen molar-refractivity contribution in [3.63, 3.8) is 0 Å². The molecule has 0 saturated heterocycles. The van der Waals surface area contributed by atoms with E-state index in [2.05, 4.69) is 40.0 Å². The average molecular weight is 342 g/mol. The van der Waals surface area contributed by atoms with Crippen molar-refractivity contribution >= 4 is 27.5 Å². The van der Waals surface area contributed by atoms with Crippen molar-refractivity contribution in [1.82, 2.24) is 10.2 Å². The summed E-state index contributed by atoms with van der Waals surface area (Å²) >= 11 is 3.38. The molecule has 1 amide bonds. The first-order chi connectivity index (χ1) is 9.31. The molecular formula is C15H24BrN3O. The van der Waals surface area contributed by atoms with Gasteiger partial charge in [-0.1, -0.05) is 13.8 Å². The van der Waals surface area contributed by atoms with Crippen LogP contribution in [0.2, 0.25) is 0 Å². The molecule has 0 heterocycles. The first kappa shape index (κ1) is 17.0. The maximum Gasteiger partial charge on any atom is 0.252 e. The third-order valence-electron chi connectivity index (χ3n) is 3.21. The lowest BCUT2D eigenvalue weighted by atomic mass is 10.0. The molecule has 3 N–H and O–H groups in total. The summed E-state index contributed by atoms with van der Waals surface area (Å²) in [6.45, 7) is 5.00. The molecular weight excluding hydrogens is 318 g/mol. The number of likely N-dealkylation sites (N-methyl/N-ethyl adjacent to an activating group) is 1. The van der Waals surface area contributed by atoms with Gasteiger partial charge in [-0.05, 0) is 60.6 Å². The van der Waals surface area contributed by atoms with Gasteiger partial charge in [-0.15, -0.1) is 0 Å². The van der Waals surface area contributed by atoms with Gasteiger partial charge in [0.25, 0.3) is 5.91 Å². The number of hydrogen-bond donors (Lipinski definition) is 2. The second kappa shape index (κ2) is 7.64. The molecule has 4 nitrogen and oxygen atoms in total. The zero-order chi connectivity index (χ0) is 15.3. The standard InChI is InChI=1S/C15H24BrN3O/c1-10(2)7-12(19(3)4)9-18-15(20)13-8-11(17)5-6-14(13)16/h5-6,8,10,12H,7,9,17H2,1-4H3,(H,18,20). The van der Waals surface area contributed by atoms with Gasteiger partial charge < -0.3 is 16.0 Å². The molecule has 0 aliphatic carbocycles. The van der Waals surface area contributed by atoms with Crippen molar-refractivity contribution in [1.29, 1.82) is 0 Å². The number of rotatable bonds is 6. The number of nitrogens with two attached hydrogens (primary N) is 1. The van der Waals surface area contributed by atoms with E-state index in [-0.39, 0.29) is 5.91 Å². The molecule has 0 fully saturated rings. The van der Waals surface area contributed by atoms with Gasteiger partial charge in [-0.25, -0.2) is 0 Å². The Kier molecular flexibility index (Phi) is 6.49. The van der Waals surface area contributed by atoms with Crippen molar-refractivity contribution in [3.8, 4) is 0 Å². The highest BCUT2D eigenvalue weighted by Crippen LogP contribution is 2.19. The van der Waals surface area contributed by atoms with E-state index in [1.807, 2.05) is 14.1 Å². The van der Waals surface area contributed by atoms with Crippen molar-refractivity contribution in [2.75, 3.05) is 26.4 Å². The summed E-state index contributed by atoms with van der Waals surface area (Å²) in [6.07, 6.45) is 1.05. The number of carbonyl (C=O) groups excluding carboxylic acids is 1. The number of anilines is 1. The second-order valence-corrected chi connectivity index (χ2v) is 6.55. The quantitative estimate of drug-likeness (QED) is 0.782. The van der Waals surface area contributed by atoms with Crippen LogP contribution in [0.3, 0.4) is 0 Å². The monoisotopic (exact) mass is 341 g/mol. The minimum absolute atomic E-state index is 0.0974. The fourth-order valence-corrected chi connectivity index (χ4v) is 2.47. The second-order valence-electron chi connectivity index (χ2n) is 5.70. The molecule has 1 rings (SSSR count). The molecule has 1 aromatic carbocycles. The Bertz CT molecular complexity index is 460. The molecule has 0 spiro atoms. The van der Waals surface area contributed by atoms with Crippen molar-refractivity contribution in [3.05, 3.63) is 28.2 Å². The van der Waals surface area contributed by atoms with Crippen LogP contribution in [-0.2, 0) is 0 Å². The van der Waals surface area contributed by atoms with Crippen LogP contribution >= 0.6 is 15.9 Å². The number of nitrogens with zero attached hydrogens (tertiary/aromatic N) is 1. The largest absolute Gasteiger partial charge is 0.399 e. The van der Waals surface area contributed by atoms with E-state index in [9.17, 15) is 4.79 Å². The van der Waals surface area contributed by atoms with E-state index in [1.165, 1.54) is 0 Å². The van der Waals surface area contributed by atoms with Crippen LogP contribution in [0.1, 0.15) is 30.6 Å². The number of nitrogens with one attached hydrogen (secondary N) is 1. The summed E-state index contributed by atoms with van der Waals surface area (Å²) in [5, 5.41) is 2.99. The van der Waals surface area contributed by atoms with Crippen LogP contribution in [0.5, 0.6) is 0 Å². The normalized spacial score (nSPS) is 12.8. The van der Waals surface area contributed by atoms with Gasteiger partial charge in [0.15, 0.2) is 0 Å². The van der Waals surface area contributed by atoms with Crippen LogP contribution in [0.15, 0.2) is 22.7 Å². The first-order valence-corrected chi connectivity index (χ1v) is 7.60. The molecule has 0 radical (unpaired) electrons. The van der Waals surface area contributed by atoms with Crippen LogP contribution in [0, 0.1) is 5.92 Å². The van der Waals surface area contributed by atoms with E-state index in [0.717, 1.165) is 10.9 Å². The van der Waals surface area contributed by atoms with Crippen LogP contribution in [-0.4, -0.2) is 37.5 Å². The highest BCUT2D eigenvalue weighted by Gasteiger charge is 2.16. The predicted octanol–water partition coefficient (Wildman–Crippen LogP) is 2.74. The Morgan fingerprint density at radius 3 is 2.60 bits per heavy atom. The third kappa shape index (κ3) is 5.13. The van der Waals surface area contributed by atoms with Gasteiger partial charge in [0, 0.05) is 22.7 Å². The number of benzene rings is 1. The van der Waals surface area contributed by atoms with Crippen LogP contribution in [0.4, 0.5) is 5.69 Å². The van der Waals surface area contributed by atoms with E-state index in [4.69, 9.17) is 5.73 Å². The van der Waals surface area contributed by atoms with E-state index < -0.39 is 0 Å². The molecule has 0 bridgehead atoms. The summed E-state index contributed by atoms with van der Waals surface area (Å²) in [5.74, 6) is 0.498. The van der Waals surface area contributed by atoms with E-state index in [1.54, 1.807) is 18.2 Å². The highest BCUT2D eigenvalue weighted by atomic mass is 79.9. The molecule has 0 aromatic heterocycles. The van der Waals surface area contributed by atoms with Crippen molar-refractivity contribution in [2.24, 2.45) is 5.92 Å². The minimum atomic E-state index is -0.0974. The lowest BCUT2D eigenvalue weighted by Crippen LogP contribution is -2.41. The van der Waals surface area contributed by atoms with E-state index >= 15 is 0 Å². The number of hydrogen-bond acceptors (Lipinski definition) is 3. The number of carbonyl (C=O) groups is 1. The highest BCUT2D eigenvalue weighted by molar-refractivity contribution is 9.10. The molecule has 5 heteroatoms. The summed E-state index contributed by atoms with van der Waals surface area (Å²) in [4.78, 5) is 14.4. The predicted molar refractivity (Wildman–Crippen MR) is 87.8 cm³/mol. The smallest absolute Gasteiger partial charge is 0.252 e. The number of halogens is 1.